The van der Waals surface area contributed by atoms with E-state index in [0.29, 0.717) is 17.1 Å². The molecule has 0 spiro atoms. The van der Waals surface area contributed by atoms with Crippen LogP contribution in [0.25, 0.3) is 0 Å². The quantitative estimate of drug-likeness (QED) is 0.648. The molecule has 8 heteroatoms. The molecule has 1 amide bonds. The summed E-state index contributed by atoms with van der Waals surface area (Å²) in [5, 5.41) is 2.61. The van der Waals surface area contributed by atoms with Crippen molar-refractivity contribution < 1.29 is 22.3 Å². The van der Waals surface area contributed by atoms with Crippen LogP contribution in [0.1, 0.15) is 10.4 Å². The first-order valence-corrected chi connectivity index (χ1v) is 10.1. The smallest absolute Gasteiger partial charge is 0.255 e. The van der Waals surface area contributed by atoms with Crippen LogP contribution < -0.4 is 14.8 Å². The first kappa shape index (κ1) is 19.4. The van der Waals surface area contributed by atoms with Crippen molar-refractivity contribution >= 4 is 27.3 Å². The van der Waals surface area contributed by atoms with Gasteiger partial charge in [-0.15, -0.1) is 0 Å². The number of carbonyl (C=O) groups excluding carboxylic acids is 1. The van der Waals surface area contributed by atoms with Crippen molar-refractivity contribution in [2.45, 2.75) is 0 Å². The number of ether oxygens (including phenoxy) is 1. The molecule has 0 saturated heterocycles. The summed E-state index contributed by atoms with van der Waals surface area (Å²) in [5.41, 5.74) is 0.323. The zero-order valence-electron chi connectivity index (χ0n) is 14.8. The van der Waals surface area contributed by atoms with E-state index in [2.05, 4.69) is 10.0 Å². The van der Waals surface area contributed by atoms with Gasteiger partial charge in [0.25, 0.3) is 5.91 Å². The van der Waals surface area contributed by atoms with E-state index >= 15 is 0 Å². The van der Waals surface area contributed by atoms with Gasteiger partial charge in [0.2, 0.25) is 10.0 Å². The third kappa shape index (κ3) is 5.31. The monoisotopic (exact) mass is 400 g/mol. The summed E-state index contributed by atoms with van der Waals surface area (Å²) < 4.78 is 44.2. The molecular weight excluding hydrogens is 383 g/mol. The van der Waals surface area contributed by atoms with Crippen LogP contribution in [-0.2, 0) is 10.0 Å². The van der Waals surface area contributed by atoms with E-state index in [0.717, 1.165) is 12.3 Å². The predicted octanol–water partition coefficient (Wildman–Crippen LogP) is 4.24. The summed E-state index contributed by atoms with van der Waals surface area (Å²) in [6.45, 7) is 0. The molecular formula is C20H17FN2O4S. The van der Waals surface area contributed by atoms with E-state index in [9.17, 15) is 17.6 Å². The molecule has 2 N–H and O–H groups in total. The number of sulfonamides is 1. The average molecular weight is 400 g/mol. The largest absolute Gasteiger partial charge is 0.457 e. The molecule has 0 atom stereocenters. The molecule has 0 aromatic heterocycles. The van der Waals surface area contributed by atoms with Crippen molar-refractivity contribution in [3.05, 3.63) is 84.2 Å². The van der Waals surface area contributed by atoms with Gasteiger partial charge in [0.15, 0.2) is 0 Å². The number of anilines is 2. The van der Waals surface area contributed by atoms with Gasteiger partial charge < -0.3 is 10.1 Å². The van der Waals surface area contributed by atoms with Gasteiger partial charge in [-0.1, -0.05) is 24.3 Å². The van der Waals surface area contributed by atoms with E-state index in [1.807, 2.05) is 18.2 Å². The molecule has 3 rings (SSSR count). The Bertz CT molecular complexity index is 1100. The molecule has 6 nitrogen and oxygen atoms in total. The molecule has 144 valence electrons. The van der Waals surface area contributed by atoms with Crippen molar-refractivity contribution in [1.29, 1.82) is 0 Å². The number of hydrogen-bond donors (Lipinski definition) is 2. The number of halogens is 1. The molecule has 0 bridgehead atoms. The minimum Gasteiger partial charge on any atom is -0.457 e. The highest BCUT2D eigenvalue weighted by Crippen LogP contribution is 2.24. The highest BCUT2D eigenvalue weighted by atomic mass is 32.2. The second-order valence-electron chi connectivity index (χ2n) is 5.97. The molecule has 0 aliphatic carbocycles. The Morgan fingerprint density at radius 3 is 2.36 bits per heavy atom. The molecule has 0 saturated carbocycles. The fourth-order valence-corrected chi connectivity index (χ4v) is 2.97. The Hall–Kier alpha value is -3.39. The van der Waals surface area contributed by atoms with E-state index in [1.54, 1.807) is 36.4 Å². The number of para-hydroxylation sites is 1. The van der Waals surface area contributed by atoms with Crippen LogP contribution in [0.15, 0.2) is 72.8 Å². The third-order valence-electron chi connectivity index (χ3n) is 3.59. The first-order valence-electron chi connectivity index (χ1n) is 8.22. The average Bonchev–Trinajstić information content (AvgIpc) is 2.64. The van der Waals surface area contributed by atoms with Crippen LogP contribution in [0.5, 0.6) is 11.5 Å². The van der Waals surface area contributed by atoms with Crippen LogP contribution in [0.3, 0.4) is 0 Å². The number of carbonyl (C=O) groups is 1. The Kier molecular flexibility index (Phi) is 5.60. The van der Waals surface area contributed by atoms with Crippen molar-refractivity contribution in [1.82, 2.24) is 0 Å². The topological polar surface area (TPSA) is 84.5 Å². The number of nitrogens with one attached hydrogen (secondary N) is 2. The first-order chi connectivity index (χ1) is 13.3. The Morgan fingerprint density at radius 1 is 0.929 bits per heavy atom. The maximum Gasteiger partial charge on any atom is 0.255 e. The molecule has 3 aromatic rings. The third-order valence-corrected chi connectivity index (χ3v) is 4.19. The van der Waals surface area contributed by atoms with Crippen LogP contribution >= 0.6 is 0 Å². The van der Waals surface area contributed by atoms with E-state index < -0.39 is 21.7 Å². The van der Waals surface area contributed by atoms with E-state index in [1.165, 1.54) is 12.1 Å². The van der Waals surface area contributed by atoms with Gasteiger partial charge in [0.05, 0.1) is 11.9 Å². The summed E-state index contributed by atoms with van der Waals surface area (Å²) in [7, 11) is -3.65. The van der Waals surface area contributed by atoms with Gasteiger partial charge in [-0.3, -0.25) is 9.52 Å². The van der Waals surface area contributed by atoms with E-state index in [-0.39, 0.29) is 11.4 Å². The minimum atomic E-state index is -3.65. The number of amides is 1. The van der Waals surface area contributed by atoms with Gasteiger partial charge in [-0.25, -0.2) is 12.8 Å². The molecule has 0 aliphatic rings. The van der Waals surface area contributed by atoms with Crippen molar-refractivity contribution in [2.75, 3.05) is 16.3 Å². The highest BCUT2D eigenvalue weighted by molar-refractivity contribution is 7.92. The fourth-order valence-electron chi connectivity index (χ4n) is 2.41. The lowest BCUT2D eigenvalue weighted by molar-refractivity contribution is 0.102. The number of rotatable bonds is 6. The summed E-state index contributed by atoms with van der Waals surface area (Å²) in [6, 6.07) is 19.3. The predicted molar refractivity (Wildman–Crippen MR) is 106 cm³/mol. The Morgan fingerprint density at radius 2 is 1.64 bits per heavy atom. The van der Waals surface area contributed by atoms with Crippen LogP contribution in [-0.4, -0.2) is 20.6 Å². The van der Waals surface area contributed by atoms with Gasteiger partial charge >= 0.3 is 0 Å². The zero-order valence-corrected chi connectivity index (χ0v) is 15.7. The number of benzene rings is 3. The highest BCUT2D eigenvalue weighted by Gasteiger charge is 2.12. The second kappa shape index (κ2) is 8.10. The zero-order chi connectivity index (χ0) is 20.1. The summed E-state index contributed by atoms with van der Waals surface area (Å²) in [5.74, 6) is -0.0791. The van der Waals surface area contributed by atoms with Crippen LogP contribution in [0, 0.1) is 5.82 Å². The van der Waals surface area contributed by atoms with Crippen LogP contribution in [0.2, 0.25) is 0 Å². The minimum absolute atomic E-state index is 0.243. The molecule has 0 aliphatic heterocycles. The van der Waals surface area contributed by atoms with E-state index in [4.69, 9.17) is 4.74 Å². The molecule has 0 radical (unpaired) electrons. The molecule has 0 fully saturated rings. The van der Waals surface area contributed by atoms with Gasteiger partial charge in [-0.05, 0) is 48.5 Å². The maximum atomic E-state index is 13.8. The number of hydrogen-bond acceptors (Lipinski definition) is 4. The lowest BCUT2D eigenvalue weighted by Gasteiger charge is -2.10. The normalized spacial score (nSPS) is 10.9. The second-order valence-corrected chi connectivity index (χ2v) is 7.71. The van der Waals surface area contributed by atoms with Gasteiger partial charge in [0, 0.05) is 11.3 Å². The van der Waals surface area contributed by atoms with Gasteiger partial charge in [0.1, 0.15) is 17.3 Å². The molecule has 0 heterocycles. The lowest BCUT2D eigenvalue weighted by Crippen LogP contribution is -2.14. The molecule has 0 unspecified atom stereocenters. The van der Waals surface area contributed by atoms with Gasteiger partial charge in [-0.2, -0.15) is 0 Å². The summed E-state index contributed by atoms with van der Waals surface area (Å²) in [6.07, 6.45) is 0.913. The van der Waals surface area contributed by atoms with Crippen molar-refractivity contribution in [2.24, 2.45) is 0 Å². The maximum absolute atomic E-state index is 13.8. The van der Waals surface area contributed by atoms with Crippen molar-refractivity contribution in [3.8, 4) is 11.5 Å². The summed E-state index contributed by atoms with van der Waals surface area (Å²) >= 11 is 0. The lowest BCUT2D eigenvalue weighted by atomic mass is 10.2. The SMILES string of the molecule is CS(=O)(=O)Nc1cc(NC(=O)c2cccc(Oc3ccccc3)c2)ccc1F. The van der Waals surface area contributed by atoms with Crippen molar-refractivity contribution in [3.63, 3.8) is 0 Å². The fraction of sp³-hybridized carbons (Fsp3) is 0.0500. The molecule has 3 aromatic carbocycles. The Balaban J connectivity index is 1.76. The molecule has 28 heavy (non-hydrogen) atoms. The van der Waals surface area contributed by atoms with Crippen LogP contribution in [0.4, 0.5) is 15.8 Å². The summed E-state index contributed by atoms with van der Waals surface area (Å²) in [4.78, 5) is 12.5. The Labute approximate surface area is 162 Å². The standard InChI is InChI=1S/C20H17FN2O4S/c1-28(25,26)23-19-13-15(10-11-18(19)21)22-20(24)14-6-5-9-17(12-14)27-16-7-3-2-4-8-16/h2-13,23H,1H3,(H,22,24).